The SMILES string of the molecule is O=C(O)CNC(=O)c1c(O)cc(-c2cccnc2)c2nccnc12. The predicted molar refractivity (Wildman–Crippen MR) is 84.4 cm³/mol. The lowest BCUT2D eigenvalue weighted by molar-refractivity contribution is -0.135. The summed E-state index contributed by atoms with van der Waals surface area (Å²) in [5, 5.41) is 21.2. The zero-order valence-electron chi connectivity index (χ0n) is 12.3. The molecule has 2 heterocycles. The van der Waals surface area contributed by atoms with Gasteiger partial charge in [-0.15, -0.1) is 0 Å². The second-order valence-electron chi connectivity index (χ2n) is 4.89. The fourth-order valence-corrected chi connectivity index (χ4v) is 2.33. The molecule has 0 saturated carbocycles. The van der Waals surface area contributed by atoms with Crippen molar-refractivity contribution >= 4 is 22.9 Å². The Hall–Kier alpha value is -3.55. The number of amides is 1. The van der Waals surface area contributed by atoms with Gasteiger partial charge in [-0.25, -0.2) is 0 Å². The maximum Gasteiger partial charge on any atom is 0.322 e. The van der Waals surface area contributed by atoms with Crippen LogP contribution < -0.4 is 5.32 Å². The predicted octanol–water partition coefficient (Wildman–Crippen LogP) is 1.21. The van der Waals surface area contributed by atoms with E-state index in [1.807, 2.05) is 0 Å². The molecule has 0 saturated heterocycles. The fourth-order valence-electron chi connectivity index (χ4n) is 2.33. The Labute approximate surface area is 135 Å². The van der Waals surface area contributed by atoms with Crippen molar-refractivity contribution in [3.05, 3.63) is 48.5 Å². The van der Waals surface area contributed by atoms with Gasteiger partial charge in [-0.05, 0) is 12.1 Å². The molecule has 3 aromatic rings. The molecule has 3 N–H and O–H groups in total. The van der Waals surface area contributed by atoms with Crippen molar-refractivity contribution in [2.45, 2.75) is 0 Å². The summed E-state index contributed by atoms with van der Waals surface area (Å²) < 4.78 is 0. The smallest absolute Gasteiger partial charge is 0.322 e. The molecule has 0 unspecified atom stereocenters. The zero-order valence-corrected chi connectivity index (χ0v) is 12.3. The van der Waals surface area contributed by atoms with E-state index in [-0.39, 0.29) is 16.8 Å². The highest BCUT2D eigenvalue weighted by molar-refractivity contribution is 6.11. The number of aromatic hydroxyl groups is 1. The van der Waals surface area contributed by atoms with Gasteiger partial charge in [0.05, 0.1) is 5.52 Å². The summed E-state index contributed by atoms with van der Waals surface area (Å²) in [5.41, 5.74) is 1.74. The fraction of sp³-hybridized carbons (Fsp3) is 0.0625. The number of pyridine rings is 1. The first kappa shape index (κ1) is 15.3. The number of aromatic nitrogens is 3. The molecule has 2 aromatic heterocycles. The Kier molecular flexibility index (Phi) is 4.02. The molecule has 8 heteroatoms. The summed E-state index contributed by atoms with van der Waals surface area (Å²) in [5.74, 6) is -2.24. The van der Waals surface area contributed by atoms with Gasteiger partial charge in [0, 0.05) is 35.9 Å². The van der Waals surface area contributed by atoms with Crippen LogP contribution in [0.1, 0.15) is 10.4 Å². The van der Waals surface area contributed by atoms with Gasteiger partial charge in [0.2, 0.25) is 0 Å². The maximum absolute atomic E-state index is 12.2. The number of hydrogen-bond donors (Lipinski definition) is 3. The number of nitrogens with one attached hydrogen (secondary N) is 1. The van der Waals surface area contributed by atoms with E-state index in [9.17, 15) is 14.7 Å². The number of phenolic OH excluding ortho intramolecular Hbond substituents is 1. The molecular formula is C16H12N4O4. The van der Waals surface area contributed by atoms with Gasteiger partial charge in [-0.1, -0.05) is 6.07 Å². The van der Waals surface area contributed by atoms with Crippen molar-refractivity contribution < 1.29 is 19.8 Å². The number of hydrogen-bond acceptors (Lipinski definition) is 6. The van der Waals surface area contributed by atoms with Gasteiger partial charge < -0.3 is 15.5 Å². The Morgan fingerprint density at radius 2 is 1.88 bits per heavy atom. The molecule has 8 nitrogen and oxygen atoms in total. The van der Waals surface area contributed by atoms with Gasteiger partial charge in [-0.2, -0.15) is 0 Å². The number of fused-ring (bicyclic) bond motifs is 1. The highest BCUT2D eigenvalue weighted by Gasteiger charge is 2.21. The number of carbonyl (C=O) groups is 2. The molecule has 0 radical (unpaired) electrons. The van der Waals surface area contributed by atoms with Crippen LogP contribution in [0.3, 0.4) is 0 Å². The van der Waals surface area contributed by atoms with Crippen LogP contribution in [-0.2, 0) is 4.79 Å². The van der Waals surface area contributed by atoms with Crippen LogP contribution in [0, 0.1) is 0 Å². The Morgan fingerprint density at radius 1 is 1.12 bits per heavy atom. The van der Waals surface area contributed by atoms with Crippen molar-refractivity contribution in [2.75, 3.05) is 6.54 Å². The van der Waals surface area contributed by atoms with E-state index in [4.69, 9.17) is 5.11 Å². The van der Waals surface area contributed by atoms with E-state index in [0.29, 0.717) is 16.6 Å². The van der Waals surface area contributed by atoms with E-state index in [1.54, 1.807) is 24.5 Å². The lowest BCUT2D eigenvalue weighted by atomic mass is 10.0. The Morgan fingerprint density at radius 3 is 2.54 bits per heavy atom. The zero-order chi connectivity index (χ0) is 17.1. The number of aliphatic carboxylic acids is 1. The number of phenols is 1. The number of carboxylic acid groups (broad SMARTS) is 1. The summed E-state index contributed by atoms with van der Waals surface area (Å²) in [6.45, 7) is -0.565. The van der Waals surface area contributed by atoms with E-state index in [0.717, 1.165) is 0 Å². The molecule has 0 aliphatic rings. The summed E-state index contributed by atoms with van der Waals surface area (Å²) >= 11 is 0. The molecule has 0 spiro atoms. The van der Waals surface area contributed by atoms with Crippen LogP contribution in [0.25, 0.3) is 22.2 Å². The molecule has 0 bridgehead atoms. The van der Waals surface area contributed by atoms with Gasteiger partial charge in [0.25, 0.3) is 5.91 Å². The van der Waals surface area contributed by atoms with Crippen LogP contribution in [-0.4, -0.2) is 43.6 Å². The molecule has 24 heavy (non-hydrogen) atoms. The van der Waals surface area contributed by atoms with Crippen molar-refractivity contribution in [1.29, 1.82) is 0 Å². The second kappa shape index (κ2) is 6.29. The van der Waals surface area contributed by atoms with Gasteiger partial charge in [-0.3, -0.25) is 24.5 Å². The number of benzene rings is 1. The Bertz CT molecular complexity index is 928. The number of carbonyl (C=O) groups excluding carboxylic acids is 1. The molecule has 0 aliphatic carbocycles. The summed E-state index contributed by atoms with van der Waals surface area (Å²) in [6.07, 6.45) is 6.08. The third-order valence-corrected chi connectivity index (χ3v) is 3.33. The van der Waals surface area contributed by atoms with E-state index >= 15 is 0 Å². The van der Waals surface area contributed by atoms with Crippen molar-refractivity contribution in [1.82, 2.24) is 20.3 Å². The average molecular weight is 324 g/mol. The van der Waals surface area contributed by atoms with Crippen LogP contribution in [0.15, 0.2) is 43.0 Å². The highest BCUT2D eigenvalue weighted by atomic mass is 16.4. The van der Waals surface area contributed by atoms with E-state index in [1.165, 1.54) is 18.5 Å². The molecule has 120 valence electrons. The molecule has 1 aromatic carbocycles. The van der Waals surface area contributed by atoms with Crippen LogP contribution in [0.2, 0.25) is 0 Å². The largest absolute Gasteiger partial charge is 0.507 e. The topological polar surface area (TPSA) is 125 Å². The standard InChI is InChI=1S/C16H12N4O4/c21-11-6-10(9-2-1-3-17-7-9)14-15(19-5-4-18-14)13(11)16(24)20-8-12(22)23/h1-7,21H,8H2,(H,20,24)(H,22,23). The Balaban J connectivity index is 2.18. The van der Waals surface area contributed by atoms with Crippen LogP contribution >= 0.6 is 0 Å². The molecule has 0 fully saturated rings. The summed E-state index contributed by atoms with van der Waals surface area (Å²) in [4.78, 5) is 35.2. The van der Waals surface area contributed by atoms with Crippen LogP contribution in [0.4, 0.5) is 0 Å². The quantitative estimate of drug-likeness (QED) is 0.658. The van der Waals surface area contributed by atoms with Gasteiger partial charge in [0.15, 0.2) is 0 Å². The van der Waals surface area contributed by atoms with Gasteiger partial charge >= 0.3 is 5.97 Å². The first-order valence-electron chi connectivity index (χ1n) is 6.95. The van der Waals surface area contributed by atoms with Crippen molar-refractivity contribution in [3.8, 4) is 16.9 Å². The minimum Gasteiger partial charge on any atom is -0.507 e. The molecule has 0 aliphatic heterocycles. The number of nitrogens with zero attached hydrogens (tertiary/aromatic N) is 3. The lowest BCUT2D eigenvalue weighted by Gasteiger charge is -2.11. The number of carboxylic acids is 1. The number of rotatable bonds is 4. The monoisotopic (exact) mass is 324 g/mol. The molecule has 0 atom stereocenters. The first-order valence-corrected chi connectivity index (χ1v) is 6.95. The average Bonchev–Trinajstić information content (AvgIpc) is 2.59. The van der Waals surface area contributed by atoms with Crippen LogP contribution in [0.5, 0.6) is 5.75 Å². The lowest BCUT2D eigenvalue weighted by Crippen LogP contribution is -2.29. The minimum atomic E-state index is -1.19. The first-order chi connectivity index (χ1) is 11.6. The second-order valence-corrected chi connectivity index (χ2v) is 4.89. The summed E-state index contributed by atoms with van der Waals surface area (Å²) in [7, 11) is 0. The van der Waals surface area contributed by atoms with E-state index in [2.05, 4.69) is 20.3 Å². The third kappa shape index (κ3) is 2.84. The van der Waals surface area contributed by atoms with Crippen molar-refractivity contribution in [3.63, 3.8) is 0 Å². The molecule has 1 amide bonds. The summed E-state index contributed by atoms with van der Waals surface area (Å²) in [6, 6.07) is 4.92. The minimum absolute atomic E-state index is 0.119. The molecule has 3 rings (SSSR count). The molecular weight excluding hydrogens is 312 g/mol. The van der Waals surface area contributed by atoms with Crippen molar-refractivity contribution in [2.24, 2.45) is 0 Å². The third-order valence-electron chi connectivity index (χ3n) is 3.33. The van der Waals surface area contributed by atoms with E-state index < -0.39 is 18.4 Å². The maximum atomic E-state index is 12.2. The van der Waals surface area contributed by atoms with Gasteiger partial charge in [0.1, 0.15) is 23.4 Å². The highest BCUT2D eigenvalue weighted by Crippen LogP contribution is 2.33. The normalized spacial score (nSPS) is 10.5.